The lowest BCUT2D eigenvalue weighted by Crippen LogP contribution is -2.19. The Kier molecular flexibility index (Phi) is 6.61. The van der Waals surface area contributed by atoms with Crippen LogP contribution in [-0.4, -0.2) is 44.2 Å². The largest absolute Gasteiger partial charge is 0.337 e. The van der Waals surface area contributed by atoms with Crippen molar-refractivity contribution in [3.8, 4) is 0 Å². The smallest absolute Gasteiger partial charge is 0.240 e. The molecule has 0 saturated heterocycles. The molecule has 10 nitrogen and oxygen atoms in total. The fraction of sp³-hybridized carbons (Fsp3) is 0.182. The van der Waals surface area contributed by atoms with Crippen LogP contribution in [0.25, 0.3) is 22.1 Å². The second kappa shape index (κ2) is 10.1. The van der Waals surface area contributed by atoms with E-state index in [0.717, 1.165) is 22.1 Å². The second-order valence-corrected chi connectivity index (χ2v) is 7.07. The Labute approximate surface area is 183 Å². The molecule has 0 bridgehead atoms. The van der Waals surface area contributed by atoms with E-state index in [1.807, 2.05) is 48.5 Å². The van der Waals surface area contributed by atoms with E-state index in [4.69, 9.17) is 0 Å². The molecule has 0 aliphatic rings. The van der Waals surface area contributed by atoms with E-state index in [1.54, 1.807) is 0 Å². The van der Waals surface area contributed by atoms with E-state index in [9.17, 15) is 9.59 Å². The predicted molar refractivity (Wildman–Crippen MR) is 122 cm³/mol. The maximum atomic E-state index is 11.9. The van der Waals surface area contributed by atoms with Crippen molar-refractivity contribution in [2.24, 2.45) is 10.2 Å². The molecule has 162 valence electrons. The summed E-state index contributed by atoms with van der Waals surface area (Å²) < 4.78 is 0. The van der Waals surface area contributed by atoms with E-state index < -0.39 is 0 Å². The molecule has 4 aromatic rings. The Morgan fingerprint density at radius 1 is 0.750 bits per heavy atom. The third kappa shape index (κ3) is 5.63. The fourth-order valence-corrected chi connectivity index (χ4v) is 3.08. The summed E-state index contributed by atoms with van der Waals surface area (Å²) in [4.78, 5) is 38.6. The van der Waals surface area contributed by atoms with E-state index in [-0.39, 0.29) is 24.7 Å². The van der Waals surface area contributed by atoms with E-state index in [2.05, 4.69) is 41.0 Å². The highest BCUT2D eigenvalue weighted by atomic mass is 16.2. The maximum absolute atomic E-state index is 11.9. The van der Waals surface area contributed by atoms with Crippen LogP contribution < -0.4 is 10.9 Å². The number of benzene rings is 2. The first-order chi connectivity index (χ1) is 15.7. The number of carbonyl (C=O) groups excluding carboxylic acids is 2. The zero-order valence-corrected chi connectivity index (χ0v) is 17.2. The SMILES string of the molecule is O=C(CCCCC(=O)N/N=C\c1nc2ccccc2[nH]1)N/N=C\c1nc2ccccc2[nH]1. The summed E-state index contributed by atoms with van der Waals surface area (Å²) in [5, 5.41) is 7.82. The van der Waals surface area contributed by atoms with Gasteiger partial charge in [-0.25, -0.2) is 20.8 Å². The molecular weight excluding hydrogens is 408 g/mol. The number of aromatic amines is 2. The van der Waals surface area contributed by atoms with Crippen molar-refractivity contribution in [1.29, 1.82) is 0 Å². The van der Waals surface area contributed by atoms with Gasteiger partial charge in [0.1, 0.15) is 0 Å². The van der Waals surface area contributed by atoms with Crippen LogP contribution >= 0.6 is 0 Å². The topological polar surface area (TPSA) is 140 Å². The van der Waals surface area contributed by atoms with Gasteiger partial charge in [0.15, 0.2) is 11.6 Å². The standard InChI is InChI=1S/C22H22N8O2/c31-21(29-23-13-19-25-15-7-1-2-8-16(15)26-19)11-5-6-12-22(32)30-24-14-20-27-17-9-3-4-10-18(17)28-20/h1-4,7-10,13-14H,5-6,11-12H2,(H,25,26)(H,27,28)(H,29,31)(H,30,32)/b23-13-,24-14-. The van der Waals surface area contributed by atoms with E-state index in [1.165, 1.54) is 12.4 Å². The van der Waals surface area contributed by atoms with Gasteiger partial charge in [-0.05, 0) is 37.1 Å². The van der Waals surface area contributed by atoms with E-state index >= 15 is 0 Å². The van der Waals surface area contributed by atoms with Gasteiger partial charge in [0.25, 0.3) is 0 Å². The lowest BCUT2D eigenvalue weighted by atomic mass is 10.2. The summed E-state index contributed by atoms with van der Waals surface area (Å²) in [5.41, 5.74) is 8.40. The monoisotopic (exact) mass is 430 g/mol. The van der Waals surface area contributed by atoms with Gasteiger partial charge in [0.05, 0.1) is 34.5 Å². The van der Waals surface area contributed by atoms with Gasteiger partial charge < -0.3 is 9.97 Å². The van der Waals surface area contributed by atoms with Gasteiger partial charge in [0, 0.05) is 12.8 Å². The number of imidazole rings is 2. The number of rotatable bonds is 9. The molecular formula is C22H22N8O2. The third-order valence-electron chi connectivity index (χ3n) is 4.63. The molecule has 0 fully saturated rings. The summed E-state index contributed by atoms with van der Waals surface area (Å²) in [6, 6.07) is 15.2. The minimum Gasteiger partial charge on any atom is -0.337 e. The molecule has 0 spiro atoms. The summed E-state index contributed by atoms with van der Waals surface area (Å²) in [6.07, 6.45) is 4.59. The van der Waals surface area contributed by atoms with Crippen LogP contribution in [0.15, 0.2) is 58.7 Å². The number of para-hydroxylation sites is 4. The molecule has 0 saturated carbocycles. The number of amides is 2. The van der Waals surface area contributed by atoms with Gasteiger partial charge in [-0.1, -0.05) is 24.3 Å². The first-order valence-corrected chi connectivity index (χ1v) is 10.2. The van der Waals surface area contributed by atoms with Crippen LogP contribution in [-0.2, 0) is 9.59 Å². The fourth-order valence-electron chi connectivity index (χ4n) is 3.08. The van der Waals surface area contributed by atoms with Gasteiger partial charge in [-0.3, -0.25) is 9.59 Å². The highest BCUT2D eigenvalue weighted by Crippen LogP contribution is 2.09. The number of nitrogens with zero attached hydrogens (tertiary/aromatic N) is 4. The number of nitrogens with one attached hydrogen (secondary N) is 4. The van der Waals surface area contributed by atoms with Crippen molar-refractivity contribution < 1.29 is 9.59 Å². The summed E-state index contributed by atoms with van der Waals surface area (Å²) in [7, 11) is 0. The Bertz CT molecular complexity index is 1120. The predicted octanol–water partition coefficient (Wildman–Crippen LogP) is 2.60. The quantitative estimate of drug-likeness (QED) is 0.184. The van der Waals surface area contributed by atoms with Crippen molar-refractivity contribution in [2.45, 2.75) is 25.7 Å². The van der Waals surface area contributed by atoms with Crippen LogP contribution in [0.4, 0.5) is 0 Å². The minimum atomic E-state index is -0.222. The van der Waals surface area contributed by atoms with Gasteiger partial charge in [-0.2, -0.15) is 10.2 Å². The van der Waals surface area contributed by atoms with Crippen LogP contribution in [0.3, 0.4) is 0 Å². The number of fused-ring (bicyclic) bond motifs is 2. The van der Waals surface area contributed by atoms with E-state index in [0.29, 0.717) is 24.5 Å². The number of carbonyl (C=O) groups is 2. The molecule has 0 radical (unpaired) electrons. The van der Waals surface area contributed by atoms with Crippen LogP contribution in [0.1, 0.15) is 37.3 Å². The molecule has 0 unspecified atom stereocenters. The highest BCUT2D eigenvalue weighted by Gasteiger charge is 2.04. The van der Waals surface area contributed by atoms with Gasteiger partial charge >= 0.3 is 0 Å². The number of aromatic nitrogens is 4. The first kappa shape index (κ1) is 20.9. The Balaban J connectivity index is 1.11. The molecule has 2 heterocycles. The maximum Gasteiger partial charge on any atom is 0.240 e. The molecule has 10 heteroatoms. The molecule has 2 aromatic carbocycles. The molecule has 0 atom stereocenters. The number of H-pyrrole nitrogens is 2. The van der Waals surface area contributed by atoms with Crippen LogP contribution in [0.5, 0.6) is 0 Å². The average molecular weight is 430 g/mol. The lowest BCUT2D eigenvalue weighted by Gasteiger charge is -2.00. The Hall–Kier alpha value is -4.34. The third-order valence-corrected chi connectivity index (χ3v) is 4.63. The number of hydrogen-bond acceptors (Lipinski definition) is 6. The first-order valence-electron chi connectivity index (χ1n) is 10.2. The zero-order valence-electron chi connectivity index (χ0n) is 17.2. The average Bonchev–Trinajstić information content (AvgIpc) is 3.40. The Morgan fingerprint density at radius 2 is 1.19 bits per heavy atom. The lowest BCUT2D eigenvalue weighted by molar-refractivity contribution is -0.123. The highest BCUT2D eigenvalue weighted by molar-refractivity contribution is 5.86. The van der Waals surface area contributed by atoms with Gasteiger partial charge in [0.2, 0.25) is 11.8 Å². The number of hydrogen-bond donors (Lipinski definition) is 4. The number of hydrazone groups is 2. The van der Waals surface area contributed by atoms with Crippen molar-refractivity contribution >= 4 is 46.3 Å². The van der Waals surface area contributed by atoms with Gasteiger partial charge in [-0.15, -0.1) is 0 Å². The molecule has 0 aliphatic heterocycles. The summed E-state index contributed by atoms with van der Waals surface area (Å²) in [6.45, 7) is 0. The number of unbranched alkanes of at least 4 members (excludes halogenated alkanes) is 1. The summed E-state index contributed by atoms with van der Waals surface area (Å²) >= 11 is 0. The summed E-state index contributed by atoms with van der Waals surface area (Å²) in [5.74, 6) is 0.680. The van der Waals surface area contributed by atoms with Crippen molar-refractivity contribution in [2.75, 3.05) is 0 Å². The normalized spacial score (nSPS) is 11.6. The van der Waals surface area contributed by atoms with Crippen molar-refractivity contribution in [3.05, 3.63) is 60.2 Å². The molecule has 4 N–H and O–H groups in total. The van der Waals surface area contributed by atoms with Crippen molar-refractivity contribution in [1.82, 2.24) is 30.8 Å². The van der Waals surface area contributed by atoms with Crippen LogP contribution in [0, 0.1) is 0 Å². The molecule has 32 heavy (non-hydrogen) atoms. The van der Waals surface area contributed by atoms with Crippen LogP contribution in [0.2, 0.25) is 0 Å². The molecule has 0 aliphatic carbocycles. The second-order valence-electron chi connectivity index (χ2n) is 7.07. The minimum absolute atomic E-state index is 0.222. The molecule has 4 rings (SSSR count). The zero-order chi connectivity index (χ0) is 22.2. The molecule has 2 amide bonds. The Morgan fingerprint density at radius 3 is 1.62 bits per heavy atom. The molecule has 2 aromatic heterocycles. The van der Waals surface area contributed by atoms with Crippen molar-refractivity contribution in [3.63, 3.8) is 0 Å².